The lowest BCUT2D eigenvalue weighted by molar-refractivity contribution is -0.120. The maximum absolute atomic E-state index is 13.2. The molecule has 0 saturated carbocycles. The minimum absolute atomic E-state index is 0.00536. The summed E-state index contributed by atoms with van der Waals surface area (Å²) in [5.41, 5.74) is 0.560. The third kappa shape index (κ3) is 5.56. The van der Waals surface area contributed by atoms with Gasteiger partial charge >= 0.3 is 5.69 Å². The summed E-state index contributed by atoms with van der Waals surface area (Å²) in [4.78, 5) is 28.0. The highest BCUT2D eigenvalue weighted by Gasteiger charge is 2.50. The van der Waals surface area contributed by atoms with Crippen LogP contribution in [0.25, 0.3) is 32.3 Å². The van der Waals surface area contributed by atoms with E-state index in [1.165, 1.54) is 26.9 Å². The summed E-state index contributed by atoms with van der Waals surface area (Å²) in [5, 5.41) is 19.9. The zero-order valence-electron chi connectivity index (χ0n) is 29.2. The predicted molar refractivity (Wildman–Crippen MR) is 209 cm³/mol. The molecule has 0 aliphatic carbocycles. The molecule has 53 heavy (non-hydrogen) atoms. The molecule has 0 radical (unpaired) electrons. The molecule has 1 aliphatic heterocycles. The summed E-state index contributed by atoms with van der Waals surface area (Å²) in [6.45, 7) is 1.64. The minimum Gasteiger partial charge on any atom is -0.387 e. The van der Waals surface area contributed by atoms with Crippen molar-refractivity contribution in [3.63, 3.8) is 0 Å². The molecule has 7 heteroatoms. The number of rotatable bonds is 9. The molecule has 2 N–H and O–H groups in total. The van der Waals surface area contributed by atoms with Crippen LogP contribution in [0, 0.1) is 6.92 Å². The van der Waals surface area contributed by atoms with Crippen molar-refractivity contribution in [2.45, 2.75) is 43.3 Å². The smallest absolute Gasteiger partial charge is 0.330 e. The van der Waals surface area contributed by atoms with E-state index >= 15 is 0 Å². The van der Waals surface area contributed by atoms with E-state index < -0.39 is 34.8 Å². The quantitative estimate of drug-likeness (QED) is 0.118. The van der Waals surface area contributed by atoms with E-state index in [1.807, 2.05) is 54.6 Å². The summed E-state index contributed by atoms with van der Waals surface area (Å²) in [6.07, 6.45) is 0.145. The zero-order valence-corrected chi connectivity index (χ0v) is 29.2. The molecule has 1 saturated heterocycles. The van der Waals surface area contributed by atoms with Gasteiger partial charge in [-0.2, -0.15) is 0 Å². The highest BCUT2D eigenvalue weighted by atomic mass is 16.6. The lowest BCUT2D eigenvalue weighted by atomic mass is 9.79. The number of aryl methyl sites for hydroxylation is 1. The Balaban J connectivity index is 1.17. The van der Waals surface area contributed by atoms with Crippen LogP contribution in [0.2, 0.25) is 0 Å². The van der Waals surface area contributed by atoms with E-state index in [4.69, 9.17) is 9.47 Å². The molecule has 0 spiro atoms. The summed E-state index contributed by atoms with van der Waals surface area (Å²) < 4.78 is 15.3. The Kier molecular flexibility index (Phi) is 8.08. The van der Waals surface area contributed by atoms with Crippen molar-refractivity contribution in [2.24, 2.45) is 0 Å². The number of benzene rings is 7. The van der Waals surface area contributed by atoms with Gasteiger partial charge in [-0.1, -0.05) is 146 Å². The third-order valence-corrected chi connectivity index (χ3v) is 11.0. The topological polar surface area (TPSA) is 93.6 Å². The molecule has 0 amide bonds. The van der Waals surface area contributed by atoms with Gasteiger partial charge < -0.3 is 14.6 Å². The monoisotopic (exact) mass is 698 g/mol. The molecule has 262 valence electrons. The molecule has 7 nitrogen and oxygen atoms in total. The lowest BCUT2D eigenvalue weighted by Gasteiger charge is -2.38. The maximum Gasteiger partial charge on any atom is 0.330 e. The van der Waals surface area contributed by atoms with Crippen molar-refractivity contribution in [1.29, 1.82) is 0 Å². The van der Waals surface area contributed by atoms with Crippen LogP contribution < -0.4 is 11.2 Å². The van der Waals surface area contributed by atoms with Crippen LogP contribution in [-0.2, 0) is 21.5 Å². The maximum atomic E-state index is 13.2. The molecule has 7 aromatic carbocycles. The van der Waals surface area contributed by atoms with Crippen molar-refractivity contribution in [2.75, 3.05) is 6.61 Å². The van der Waals surface area contributed by atoms with Gasteiger partial charge in [0.25, 0.3) is 5.56 Å². The number of aromatic amines is 1. The highest BCUT2D eigenvalue weighted by molar-refractivity contribution is 6.23. The Morgan fingerprint density at radius 1 is 0.736 bits per heavy atom. The normalized spacial score (nSPS) is 19.1. The van der Waals surface area contributed by atoms with E-state index in [1.54, 1.807) is 6.92 Å². The van der Waals surface area contributed by atoms with Gasteiger partial charge in [-0.3, -0.25) is 14.3 Å². The molecule has 3 atom stereocenters. The van der Waals surface area contributed by atoms with Crippen LogP contribution in [-0.4, -0.2) is 33.0 Å². The third-order valence-electron chi connectivity index (χ3n) is 11.0. The first-order chi connectivity index (χ1) is 25.8. The number of nitrogens with zero attached hydrogens (tertiary/aromatic N) is 1. The van der Waals surface area contributed by atoms with Crippen LogP contribution in [0.3, 0.4) is 0 Å². The second-order valence-corrected chi connectivity index (χ2v) is 14.2. The number of H-pyrrole nitrogens is 1. The Labute approximate surface area is 306 Å². The number of hydrogen-bond donors (Lipinski definition) is 2. The fourth-order valence-corrected chi connectivity index (χ4v) is 8.39. The molecule has 1 fully saturated rings. The van der Waals surface area contributed by atoms with Crippen molar-refractivity contribution >= 4 is 32.3 Å². The van der Waals surface area contributed by atoms with E-state index in [0.29, 0.717) is 5.56 Å². The number of hydrogen-bond acceptors (Lipinski definition) is 5. The first-order valence-electron chi connectivity index (χ1n) is 18.0. The number of aliphatic hydroxyl groups is 1. The molecule has 0 bridgehead atoms. The minimum atomic E-state index is -1.47. The first-order valence-corrected chi connectivity index (χ1v) is 18.0. The summed E-state index contributed by atoms with van der Waals surface area (Å²) in [7, 11) is 0. The molecule has 2 heterocycles. The molecule has 9 rings (SSSR count). The zero-order chi connectivity index (χ0) is 36.2. The number of nitrogens with one attached hydrogen (secondary N) is 1. The van der Waals surface area contributed by atoms with E-state index in [2.05, 4.69) is 96.0 Å². The number of ether oxygens (including phenoxy) is 2. The van der Waals surface area contributed by atoms with Crippen molar-refractivity contribution in [3.05, 3.63) is 200 Å². The Morgan fingerprint density at radius 2 is 1.28 bits per heavy atom. The lowest BCUT2D eigenvalue weighted by Crippen LogP contribution is -2.45. The van der Waals surface area contributed by atoms with Crippen molar-refractivity contribution < 1.29 is 14.6 Å². The van der Waals surface area contributed by atoms with Crippen LogP contribution >= 0.6 is 0 Å². The SMILES string of the molecule is Cc1cn([C@H]2C[C@@](O)(Cc3ccc4ccc5cccc6ccc3c4c56)[C@@H](COC(c3ccccc3)(c3ccccc3)c3ccccc3)O2)c(=O)[nH]c1=O. The van der Waals surface area contributed by atoms with Gasteiger partial charge in [-0.25, -0.2) is 4.79 Å². The van der Waals surface area contributed by atoms with Gasteiger partial charge in [0.2, 0.25) is 0 Å². The molecular formula is C46H38N2O5. The van der Waals surface area contributed by atoms with Gasteiger partial charge in [0.15, 0.2) is 0 Å². The Morgan fingerprint density at radius 3 is 1.89 bits per heavy atom. The molecule has 0 unspecified atom stereocenters. The van der Waals surface area contributed by atoms with Crippen molar-refractivity contribution in [1.82, 2.24) is 9.55 Å². The summed E-state index contributed by atoms with van der Waals surface area (Å²) in [5.74, 6) is 0. The Bertz CT molecular complexity index is 2580. The van der Waals surface area contributed by atoms with Gasteiger partial charge in [-0.05, 0) is 61.5 Å². The van der Waals surface area contributed by atoms with Gasteiger partial charge in [0, 0.05) is 24.6 Å². The number of aromatic nitrogens is 2. The second-order valence-electron chi connectivity index (χ2n) is 14.2. The van der Waals surface area contributed by atoms with Gasteiger partial charge in [-0.15, -0.1) is 0 Å². The highest BCUT2D eigenvalue weighted by Crippen LogP contribution is 2.45. The largest absolute Gasteiger partial charge is 0.387 e. The Hall–Kier alpha value is -5.86. The van der Waals surface area contributed by atoms with Gasteiger partial charge in [0.05, 0.1) is 6.61 Å². The fraction of sp³-hybridized carbons (Fsp3) is 0.174. The van der Waals surface area contributed by atoms with Crippen LogP contribution in [0.15, 0.2) is 161 Å². The van der Waals surface area contributed by atoms with E-state index in [9.17, 15) is 14.7 Å². The van der Waals surface area contributed by atoms with E-state index in [-0.39, 0.29) is 19.4 Å². The second kappa shape index (κ2) is 13.0. The summed E-state index contributed by atoms with van der Waals surface area (Å²) >= 11 is 0. The first kappa shape index (κ1) is 33.0. The summed E-state index contributed by atoms with van der Waals surface area (Å²) in [6, 6.07) is 49.4. The van der Waals surface area contributed by atoms with Crippen LogP contribution in [0.5, 0.6) is 0 Å². The average Bonchev–Trinajstić information content (AvgIpc) is 3.52. The molecule has 8 aromatic rings. The van der Waals surface area contributed by atoms with Crippen LogP contribution in [0.4, 0.5) is 0 Å². The van der Waals surface area contributed by atoms with Gasteiger partial charge in [0.1, 0.15) is 23.5 Å². The van der Waals surface area contributed by atoms with Crippen LogP contribution in [0.1, 0.15) is 40.5 Å². The van der Waals surface area contributed by atoms with E-state index in [0.717, 1.165) is 38.4 Å². The molecular weight excluding hydrogens is 661 g/mol. The molecule has 1 aliphatic rings. The van der Waals surface area contributed by atoms with Crippen molar-refractivity contribution in [3.8, 4) is 0 Å². The average molecular weight is 699 g/mol. The fourth-order valence-electron chi connectivity index (χ4n) is 8.39. The standard InChI is InChI=1S/C46H38N2O5/c1-30-28-48(44(50)47-43(30)49)40-27-45(51,26-34-23-22-33-21-20-31-12-11-13-32-24-25-38(34)42(33)41(31)32)39(53-40)29-52-46(35-14-5-2-6-15-35,36-16-7-3-8-17-36)37-18-9-4-10-19-37/h2-25,28,39-40,51H,26-27,29H2,1H3,(H,47,49,50)/t39-,40-,45+/m1/s1. The predicted octanol–water partition coefficient (Wildman–Crippen LogP) is 8.01. The molecule has 1 aromatic heterocycles.